The van der Waals surface area contributed by atoms with Gasteiger partial charge in [0, 0.05) is 6.61 Å². The summed E-state index contributed by atoms with van der Waals surface area (Å²) in [6, 6.07) is 7.90. The number of hydrogen-bond acceptors (Lipinski definition) is 5. The maximum Gasteiger partial charge on any atom is 0.161 e. The Balaban J connectivity index is 1.29. The molecular formula is C28H40O5. The monoisotopic (exact) mass is 456 g/mol. The fourth-order valence-electron chi connectivity index (χ4n) is 4.55. The topological polar surface area (TPSA) is 68.3 Å². The Morgan fingerprint density at radius 2 is 1.94 bits per heavy atom. The summed E-state index contributed by atoms with van der Waals surface area (Å²) in [6.07, 6.45) is 15.5. The minimum absolute atomic E-state index is 0.0352. The number of allylic oxidation sites excluding steroid dienone is 4. The number of ether oxygens (including phenoxy) is 3. The molecule has 1 fully saturated rings. The first-order chi connectivity index (χ1) is 16.1. The zero-order chi connectivity index (χ0) is 23.5. The van der Waals surface area contributed by atoms with E-state index in [1.807, 2.05) is 30.3 Å². The number of ketones is 1. The van der Waals surface area contributed by atoms with E-state index in [2.05, 4.69) is 19.1 Å². The molecule has 1 unspecified atom stereocenters. The van der Waals surface area contributed by atoms with Gasteiger partial charge in [-0.05, 0) is 68.2 Å². The van der Waals surface area contributed by atoms with Gasteiger partial charge in [0.1, 0.15) is 11.9 Å². The molecule has 0 spiro atoms. The van der Waals surface area contributed by atoms with Crippen LogP contribution in [0.5, 0.6) is 5.75 Å². The molecule has 5 nitrogen and oxygen atoms in total. The smallest absolute Gasteiger partial charge is 0.161 e. The average Bonchev–Trinajstić information content (AvgIpc) is 3.52. The highest BCUT2D eigenvalue weighted by atomic mass is 16.6. The molecule has 182 valence electrons. The number of methoxy groups -OCH3 is 1. The Morgan fingerprint density at radius 3 is 2.70 bits per heavy atom. The largest absolute Gasteiger partial charge is 0.497 e. The van der Waals surface area contributed by atoms with Gasteiger partial charge in [0.25, 0.3) is 0 Å². The van der Waals surface area contributed by atoms with Crippen molar-refractivity contribution in [2.75, 3.05) is 13.7 Å². The van der Waals surface area contributed by atoms with Gasteiger partial charge in [-0.1, -0.05) is 50.1 Å². The molecule has 5 atom stereocenters. The van der Waals surface area contributed by atoms with Crippen molar-refractivity contribution in [3.63, 3.8) is 0 Å². The van der Waals surface area contributed by atoms with Gasteiger partial charge in [0.2, 0.25) is 0 Å². The second-order valence-corrected chi connectivity index (χ2v) is 9.18. The van der Waals surface area contributed by atoms with Gasteiger partial charge in [0.05, 0.1) is 31.8 Å². The van der Waals surface area contributed by atoms with E-state index < -0.39 is 6.10 Å². The van der Waals surface area contributed by atoms with Crippen molar-refractivity contribution >= 4 is 5.78 Å². The number of carbonyl (C=O) groups is 1. The van der Waals surface area contributed by atoms with Crippen LogP contribution in [-0.4, -0.2) is 42.9 Å². The SMILES string of the molecule is CCCCC/C=C\C[C@H]1C=CC(=O)[C@@H]1C(O)[C@@H]1O[C@H]1CCCCOCc1ccc(OC)cc1. The predicted molar refractivity (Wildman–Crippen MR) is 130 cm³/mol. The van der Waals surface area contributed by atoms with E-state index in [9.17, 15) is 9.90 Å². The van der Waals surface area contributed by atoms with Crippen molar-refractivity contribution in [2.45, 2.75) is 83.2 Å². The van der Waals surface area contributed by atoms with E-state index in [0.717, 1.165) is 43.4 Å². The summed E-state index contributed by atoms with van der Waals surface area (Å²) in [7, 11) is 1.66. The number of unbranched alkanes of at least 4 members (excludes halogenated alkanes) is 4. The Labute approximate surface area is 198 Å². The van der Waals surface area contributed by atoms with Crippen LogP contribution in [0.15, 0.2) is 48.6 Å². The molecule has 1 N–H and O–H groups in total. The van der Waals surface area contributed by atoms with Gasteiger partial charge in [-0.25, -0.2) is 0 Å². The summed E-state index contributed by atoms with van der Waals surface area (Å²) >= 11 is 0. The lowest BCUT2D eigenvalue weighted by Gasteiger charge is -2.21. The van der Waals surface area contributed by atoms with E-state index in [1.54, 1.807) is 13.2 Å². The summed E-state index contributed by atoms with van der Waals surface area (Å²) in [6.45, 7) is 3.50. The molecule has 0 aromatic heterocycles. The Kier molecular flexibility index (Phi) is 10.6. The van der Waals surface area contributed by atoms with Crippen LogP contribution in [0.25, 0.3) is 0 Å². The molecule has 0 saturated carbocycles. The molecule has 33 heavy (non-hydrogen) atoms. The fraction of sp³-hybridized carbons (Fsp3) is 0.607. The maximum atomic E-state index is 12.4. The zero-order valence-electron chi connectivity index (χ0n) is 20.2. The molecule has 0 bridgehead atoms. The van der Waals surface area contributed by atoms with Crippen molar-refractivity contribution < 1.29 is 24.1 Å². The van der Waals surface area contributed by atoms with Gasteiger partial charge in [-0.2, -0.15) is 0 Å². The minimum atomic E-state index is -0.720. The highest BCUT2D eigenvalue weighted by Gasteiger charge is 2.50. The third-order valence-electron chi connectivity index (χ3n) is 6.63. The third-order valence-corrected chi connectivity index (χ3v) is 6.63. The first-order valence-electron chi connectivity index (χ1n) is 12.5. The van der Waals surface area contributed by atoms with Gasteiger partial charge in [-0.15, -0.1) is 0 Å². The number of hydrogen-bond donors (Lipinski definition) is 1. The zero-order valence-corrected chi connectivity index (χ0v) is 20.2. The Morgan fingerprint density at radius 1 is 1.12 bits per heavy atom. The van der Waals surface area contributed by atoms with Gasteiger partial charge >= 0.3 is 0 Å². The van der Waals surface area contributed by atoms with Crippen LogP contribution >= 0.6 is 0 Å². The summed E-state index contributed by atoms with van der Waals surface area (Å²) < 4.78 is 16.7. The van der Waals surface area contributed by atoms with Crippen LogP contribution in [0.1, 0.15) is 63.9 Å². The molecule has 1 heterocycles. The molecule has 1 aliphatic heterocycles. The quantitative estimate of drug-likeness (QED) is 0.205. The molecule has 1 aromatic rings. The lowest BCUT2D eigenvalue weighted by Crippen LogP contribution is -2.34. The lowest BCUT2D eigenvalue weighted by molar-refractivity contribution is -0.122. The van der Waals surface area contributed by atoms with Gasteiger partial charge in [-0.3, -0.25) is 4.79 Å². The van der Waals surface area contributed by atoms with E-state index in [1.165, 1.54) is 19.3 Å². The van der Waals surface area contributed by atoms with Crippen molar-refractivity contribution in [3.8, 4) is 5.75 Å². The van der Waals surface area contributed by atoms with Crippen LogP contribution in [0.3, 0.4) is 0 Å². The second-order valence-electron chi connectivity index (χ2n) is 9.18. The van der Waals surface area contributed by atoms with Gasteiger partial charge < -0.3 is 19.3 Å². The third kappa shape index (κ3) is 8.09. The number of benzene rings is 1. The summed E-state index contributed by atoms with van der Waals surface area (Å²) in [5.74, 6) is 0.590. The predicted octanol–water partition coefficient (Wildman–Crippen LogP) is 5.41. The van der Waals surface area contributed by atoms with Crippen molar-refractivity contribution in [1.82, 2.24) is 0 Å². The number of carbonyl (C=O) groups excluding carboxylic acids is 1. The molecule has 2 aliphatic rings. The van der Waals surface area contributed by atoms with E-state index in [0.29, 0.717) is 13.2 Å². The van der Waals surface area contributed by atoms with Crippen LogP contribution in [-0.2, 0) is 20.9 Å². The minimum Gasteiger partial charge on any atom is -0.497 e. The highest BCUT2D eigenvalue weighted by Crippen LogP contribution is 2.38. The van der Waals surface area contributed by atoms with Crippen LogP contribution in [0, 0.1) is 11.8 Å². The van der Waals surface area contributed by atoms with Crippen molar-refractivity contribution in [3.05, 3.63) is 54.1 Å². The first kappa shape index (κ1) is 25.7. The second kappa shape index (κ2) is 13.7. The summed E-state index contributed by atoms with van der Waals surface area (Å²) in [5, 5.41) is 10.8. The molecule has 1 aromatic carbocycles. The Bertz CT molecular complexity index is 769. The molecule has 3 rings (SSSR count). The maximum absolute atomic E-state index is 12.4. The van der Waals surface area contributed by atoms with Gasteiger partial charge in [0.15, 0.2) is 5.78 Å². The number of rotatable bonds is 16. The number of epoxide rings is 1. The van der Waals surface area contributed by atoms with Crippen molar-refractivity contribution in [1.29, 1.82) is 0 Å². The highest BCUT2D eigenvalue weighted by molar-refractivity contribution is 5.95. The first-order valence-corrected chi connectivity index (χ1v) is 12.5. The van der Waals surface area contributed by atoms with Crippen LogP contribution < -0.4 is 4.74 Å². The van der Waals surface area contributed by atoms with Crippen LogP contribution in [0.4, 0.5) is 0 Å². The van der Waals surface area contributed by atoms with Crippen molar-refractivity contribution in [2.24, 2.45) is 11.8 Å². The molecule has 1 saturated heterocycles. The number of aliphatic hydroxyl groups is 1. The summed E-state index contributed by atoms with van der Waals surface area (Å²) in [4.78, 5) is 12.4. The fourth-order valence-corrected chi connectivity index (χ4v) is 4.55. The average molecular weight is 457 g/mol. The standard InChI is InChI=1S/C28H40O5/c1-3-4-5-6-7-8-11-22-15-18-24(29)26(22)27(30)28-25(33-28)12-9-10-19-32-20-21-13-16-23(31-2)17-14-21/h7-8,13-18,22,25-28,30H,3-6,9-12,19-20H2,1-2H3/b8-7-/t22-,25-,26+,27?,28+/m0/s1. The van der Waals surface area contributed by atoms with E-state index in [-0.39, 0.29) is 29.8 Å². The molecule has 1 aliphatic carbocycles. The Hall–Kier alpha value is -1.95. The van der Waals surface area contributed by atoms with E-state index in [4.69, 9.17) is 14.2 Å². The molecule has 0 amide bonds. The number of aliphatic hydroxyl groups excluding tert-OH is 1. The van der Waals surface area contributed by atoms with E-state index >= 15 is 0 Å². The normalized spacial score (nSPS) is 25.1. The molecule has 5 heteroatoms. The molecular weight excluding hydrogens is 416 g/mol. The summed E-state index contributed by atoms with van der Waals surface area (Å²) in [5.41, 5.74) is 1.13. The lowest BCUT2D eigenvalue weighted by atomic mass is 9.84. The van der Waals surface area contributed by atoms with Crippen LogP contribution in [0.2, 0.25) is 0 Å². The molecule has 0 radical (unpaired) electrons.